The SMILES string of the molecule is CCC(C)N(Cc1ccc(OC)cc1)c1ccc(OC)cc1. The zero-order valence-corrected chi connectivity index (χ0v) is 13.9. The molecule has 0 saturated carbocycles. The highest BCUT2D eigenvalue weighted by Crippen LogP contribution is 2.24. The Morgan fingerprint density at radius 2 is 1.36 bits per heavy atom. The number of anilines is 1. The van der Waals surface area contributed by atoms with Gasteiger partial charge in [-0.05, 0) is 55.3 Å². The maximum atomic E-state index is 5.25. The van der Waals surface area contributed by atoms with E-state index >= 15 is 0 Å². The largest absolute Gasteiger partial charge is 0.497 e. The lowest BCUT2D eigenvalue weighted by atomic mass is 10.1. The summed E-state index contributed by atoms with van der Waals surface area (Å²) in [5, 5.41) is 0. The van der Waals surface area contributed by atoms with Crippen molar-refractivity contribution in [3.05, 3.63) is 54.1 Å². The van der Waals surface area contributed by atoms with Crippen molar-refractivity contribution in [2.45, 2.75) is 32.9 Å². The number of methoxy groups -OCH3 is 2. The van der Waals surface area contributed by atoms with Crippen LogP contribution in [-0.4, -0.2) is 20.3 Å². The van der Waals surface area contributed by atoms with Crippen LogP contribution in [0.2, 0.25) is 0 Å². The van der Waals surface area contributed by atoms with E-state index in [1.165, 1.54) is 11.3 Å². The minimum atomic E-state index is 0.468. The number of nitrogens with zero attached hydrogens (tertiary/aromatic N) is 1. The number of ether oxygens (including phenoxy) is 2. The van der Waals surface area contributed by atoms with Gasteiger partial charge in [-0.15, -0.1) is 0 Å². The summed E-state index contributed by atoms with van der Waals surface area (Å²) in [6, 6.07) is 17.0. The molecule has 22 heavy (non-hydrogen) atoms. The zero-order valence-electron chi connectivity index (χ0n) is 13.9. The molecular weight excluding hydrogens is 274 g/mol. The first kappa shape index (κ1) is 16.2. The van der Waals surface area contributed by atoms with Gasteiger partial charge in [-0.2, -0.15) is 0 Å². The second-order valence-electron chi connectivity index (χ2n) is 5.43. The van der Waals surface area contributed by atoms with Crippen LogP contribution in [0.4, 0.5) is 5.69 Å². The van der Waals surface area contributed by atoms with Crippen molar-refractivity contribution in [3.8, 4) is 11.5 Å². The van der Waals surface area contributed by atoms with Crippen LogP contribution < -0.4 is 14.4 Å². The summed E-state index contributed by atoms with van der Waals surface area (Å²) in [4.78, 5) is 2.42. The van der Waals surface area contributed by atoms with Gasteiger partial charge in [0.25, 0.3) is 0 Å². The third kappa shape index (κ3) is 3.94. The van der Waals surface area contributed by atoms with Crippen molar-refractivity contribution in [1.82, 2.24) is 0 Å². The molecule has 0 fully saturated rings. The highest BCUT2D eigenvalue weighted by Gasteiger charge is 2.13. The van der Waals surface area contributed by atoms with Gasteiger partial charge in [0.2, 0.25) is 0 Å². The Morgan fingerprint density at radius 1 is 0.864 bits per heavy atom. The highest BCUT2D eigenvalue weighted by atomic mass is 16.5. The normalized spacial score (nSPS) is 11.8. The van der Waals surface area contributed by atoms with E-state index in [0.29, 0.717) is 6.04 Å². The molecule has 2 aromatic rings. The van der Waals surface area contributed by atoms with Gasteiger partial charge < -0.3 is 14.4 Å². The molecule has 2 aromatic carbocycles. The Morgan fingerprint density at radius 3 is 1.82 bits per heavy atom. The predicted molar refractivity (Wildman–Crippen MR) is 91.9 cm³/mol. The molecule has 0 spiro atoms. The van der Waals surface area contributed by atoms with Crippen LogP contribution in [0.15, 0.2) is 48.5 Å². The molecule has 3 nitrogen and oxygen atoms in total. The number of hydrogen-bond donors (Lipinski definition) is 0. The molecule has 0 saturated heterocycles. The quantitative estimate of drug-likeness (QED) is 0.751. The Hall–Kier alpha value is -2.16. The van der Waals surface area contributed by atoms with E-state index in [-0.39, 0.29) is 0 Å². The number of benzene rings is 2. The molecule has 0 aliphatic rings. The minimum absolute atomic E-state index is 0.468. The maximum absolute atomic E-state index is 5.25. The van der Waals surface area contributed by atoms with E-state index in [2.05, 4.69) is 43.0 Å². The Kier molecular flexibility index (Phi) is 5.70. The monoisotopic (exact) mass is 299 g/mol. The molecule has 0 aliphatic carbocycles. The van der Waals surface area contributed by atoms with Crippen molar-refractivity contribution in [3.63, 3.8) is 0 Å². The summed E-state index contributed by atoms with van der Waals surface area (Å²) < 4.78 is 10.5. The molecule has 2 rings (SSSR count). The first-order valence-corrected chi connectivity index (χ1v) is 7.71. The third-order valence-corrected chi connectivity index (χ3v) is 4.04. The summed E-state index contributed by atoms with van der Waals surface area (Å²) in [7, 11) is 3.39. The second kappa shape index (κ2) is 7.74. The van der Waals surface area contributed by atoms with Gasteiger partial charge in [0.05, 0.1) is 14.2 Å². The molecule has 118 valence electrons. The molecule has 0 N–H and O–H groups in total. The molecule has 0 amide bonds. The molecule has 0 aromatic heterocycles. The van der Waals surface area contributed by atoms with Gasteiger partial charge in [0, 0.05) is 18.3 Å². The van der Waals surface area contributed by atoms with E-state index in [1.54, 1.807) is 14.2 Å². The van der Waals surface area contributed by atoms with Gasteiger partial charge in [-0.3, -0.25) is 0 Å². The van der Waals surface area contributed by atoms with Gasteiger partial charge in [-0.25, -0.2) is 0 Å². The fourth-order valence-corrected chi connectivity index (χ4v) is 2.42. The lowest BCUT2D eigenvalue weighted by molar-refractivity contribution is 0.414. The first-order valence-electron chi connectivity index (χ1n) is 7.71. The molecule has 1 atom stereocenters. The smallest absolute Gasteiger partial charge is 0.119 e. The standard InChI is InChI=1S/C19H25NO2/c1-5-15(2)20(17-8-12-19(22-4)13-9-17)14-16-6-10-18(21-3)11-7-16/h6-13,15H,5,14H2,1-4H3. The van der Waals surface area contributed by atoms with Crippen LogP contribution in [0, 0.1) is 0 Å². The fourth-order valence-electron chi connectivity index (χ4n) is 2.42. The summed E-state index contributed by atoms with van der Waals surface area (Å²) >= 11 is 0. The van der Waals surface area contributed by atoms with Crippen molar-refractivity contribution in [2.24, 2.45) is 0 Å². The fraction of sp³-hybridized carbons (Fsp3) is 0.368. The topological polar surface area (TPSA) is 21.7 Å². The molecule has 0 heterocycles. The van der Waals surface area contributed by atoms with E-state index in [9.17, 15) is 0 Å². The molecule has 0 aliphatic heterocycles. The molecule has 0 radical (unpaired) electrons. The van der Waals surface area contributed by atoms with E-state index in [1.807, 2.05) is 24.3 Å². The Labute approximate surface area is 133 Å². The van der Waals surface area contributed by atoms with Gasteiger partial charge in [0.15, 0.2) is 0 Å². The molecule has 3 heteroatoms. The average Bonchev–Trinajstić information content (AvgIpc) is 2.59. The van der Waals surface area contributed by atoms with Crippen LogP contribution >= 0.6 is 0 Å². The number of rotatable bonds is 7. The van der Waals surface area contributed by atoms with Crippen LogP contribution in [0.1, 0.15) is 25.8 Å². The van der Waals surface area contributed by atoms with Gasteiger partial charge in [0.1, 0.15) is 11.5 Å². The van der Waals surface area contributed by atoms with E-state index in [4.69, 9.17) is 9.47 Å². The lowest BCUT2D eigenvalue weighted by Crippen LogP contribution is -2.31. The number of hydrogen-bond acceptors (Lipinski definition) is 3. The van der Waals surface area contributed by atoms with Crippen molar-refractivity contribution < 1.29 is 9.47 Å². The molecular formula is C19H25NO2. The molecule has 1 unspecified atom stereocenters. The van der Waals surface area contributed by atoms with Crippen LogP contribution in [-0.2, 0) is 6.54 Å². The van der Waals surface area contributed by atoms with Gasteiger partial charge in [-0.1, -0.05) is 19.1 Å². The highest BCUT2D eigenvalue weighted by molar-refractivity contribution is 5.50. The van der Waals surface area contributed by atoms with Crippen LogP contribution in [0.3, 0.4) is 0 Å². The second-order valence-corrected chi connectivity index (χ2v) is 5.43. The third-order valence-electron chi connectivity index (χ3n) is 4.04. The van der Waals surface area contributed by atoms with E-state index in [0.717, 1.165) is 24.5 Å². The van der Waals surface area contributed by atoms with Crippen molar-refractivity contribution in [2.75, 3.05) is 19.1 Å². The minimum Gasteiger partial charge on any atom is -0.497 e. The maximum Gasteiger partial charge on any atom is 0.119 e. The summed E-state index contributed by atoms with van der Waals surface area (Å²) in [5.41, 5.74) is 2.49. The summed E-state index contributed by atoms with van der Waals surface area (Å²) in [6.07, 6.45) is 1.10. The Balaban J connectivity index is 2.20. The Bertz CT molecular complexity index is 563. The van der Waals surface area contributed by atoms with E-state index < -0.39 is 0 Å². The average molecular weight is 299 g/mol. The van der Waals surface area contributed by atoms with Crippen molar-refractivity contribution >= 4 is 5.69 Å². The van der Waals surface area contributed by atoms with Crippen LogP contribution in [0.25, 0.3) is 0 Å². The van der Waals surface area contributed by atoms with Gasteiger partial charge >= 0.3 is 0 Å². The zero-order chi connectivity index (χ0) is 15.9. The first-order chi connectivity index (χ1) is 10.7. The molecule has 0 bridgehead atoms. The van der Waals surface area contributed by atoms with Crippen molar-refractivity contribution in [1.29, 1.82) is 0 Å². The lowest BCUT2D eigenvalue weighted by Gasteiger charge is -2.31. The summed E-state index contributed by atoms with van der Waals surface area (Å²) in [5.74, 6) is 1.78. The predicted octanol–water partition coefficient (Wildman–Crippen LogP) is 4.51. The summed E-state index contributed by atoms with van der Waals surface area (Å²) in [6.45, 7) is 5.36. The van der Waals surface area contributed by atoms with Crippen LogP contribution in [0.5, 0.6) is 11.5 Å².